The first-order chi connectivity index (χ1) is 8.19. The highest BCUT2D eigenvalue weighted by molar-refractivity contribution is 5.84. The third kappa shape index (κ3) is 3.28. The summed E-state index contributed by atoms with van der Waals surface area (Å²) in [5.41, 5.74) is 2.42. The fourth-order valence-electron chi connectivity index (χ4n) is 1.36. The molecule has 1 unspecified atom stereocenters. The molecular formula is C10H16N6O. The van der Waals surface area contributed by atoms with Crippen LogP contribution in [0.5, 0.6) is 0 Å². The van der Waals surface area contributed by atoms with Gasteiger partial charge in [-0.2, -0.15) is 0 Å². The molecule has 92 valence electrons. The second-order valence-electron chi connectivity index (χ2n) is 4.08. The molecule has 0 spiro atoms. The number of hydrogen-bond acceptors (Lipinski definition) is 6. The molecule has 1 aromatic heterocycles. The van der Waals surface area contributed by atoms with Crippen LogP contribution in [0.2, 0.25) is 0 Å². The van der Waals surface area contributed by atoms with Crippen LogP contribution >= 0.6 is 0 Å². The van der Waals surface area contributed by atoms with E-state index in [9.17, 15) is 4.79 Å². The van der Waals surface area contributed by atoms with Gasteiger partial charge in [-0.1, -0.05) is 0 Å². The quantitative estimate of drug-likeness (QED) is 0.418. The van der Waals surface area contributed by atoms with Crippen molar-refractivity contribution in [3.63, 3.8) is 0 Å². The molecule has 0 radical (unpaired) electrons. The van der Waals surface area contributed by atoms with E-state index in [1.165, 1.54) is 6.33 Å². The topological polar surface area (TPSA) is 105 Å². The van der Waals surface area contributed by atoms with Crippen molar-refractivity contribution < 1.29 is 4.79 Å². The zero-order valence-electron chi connectivity index (χ0n) is 9.60. The van der Waals surface area contributed by atoms with Gasteiger partial charge in [-0.25, -0.2) is 15.8 Å². The largest absolute Gasteiger partial charge is 0.358 e. The summed E-state index contributed by atoms with van der Waals surface area (Å²) in [5.74, 6) is 6.28. The van der Waals surface area contributed by atoms with Crippen molar-refractivity contribution in [3.8, 4) is 0 Å². The number of amides is 1. The lowest BCUT2D eigenvalue weighted by Gasteiger charge is -2.14. The maximum absolute atomic E-state index is 11.7. The van der Waals surface area contributed by atoms with Gasteiger partial charge in [0.05, 0.1) is 0 Å². The van der Waals surface area contributed by atoms with Gasteiger partial charge < -0.3 is 16.1 Å². The van der Waals surface area contributed by atoms with Gasteiger partial charge >= 0.3 is 0 Å². The lowest BCUT2D eigenvalue weighted by molar-refractivity contribution is -0.121. The molecule has 1 fully saturated rings. The van der Waals surface area contributed by atoms with E-state index in [0.29, 0.717) is 17.7 Å². The minimum Gasteiger partial charge on any atom is -0.358 e. The normalized spacial score (nSPS) is 16.1. The summed E-state index contributed by atoms with van der Waals surface area (Å²) in [6, 6.07) is 1.66. The summed E-state index contributed by atoms with van der Waals surface area (Å²) in [6.07, 6.45) is 3.53. The Morgan fingerprint density at radius 2 is 2.18 bits per heavy atom. The molecular weight excluding hydrogens is 220 g/mol. The minimum absolute atomic E-state index is 0.0200. The number of carbonyl (C=O) groups excluding carboxylic acids is 1. The third-order valence-corrected chi connectivity index (χ3v) is 2.50. The standard InChI is InChI=1S/C10H16N6O/c1-6(10(17)15-7-2-3-7)14-8-4-9(16-11)13-5-12-8/h4-7H,2-3,11H2,1H3,(H,15,17)(H2,12,13,14,16). The van der Waals surface area contributed by atoms with Crippen LogP contribution in [0.3, 0.4) is 0 Å². The van der Waals surface area contributed by atoms with Crippen LogP contribution in [0.4, 0.5) is 11.6 Å². The van der Waals surface area contributed by atoms with Crippen molar-refractivity contribution >= 4 is 17.5 Å². The summed E-state index contributed by atoms with van der Waals surface area (Å²) in [4.78, 5) is 19.6. The highest BCUT2D eigenvalue weighted by Gasteiger charge is 2.25. The molecule has 1 aromatic rings. The molecule has 1 saturated carbocycles. The number of nitrogen functional groups attached to an aromatic ring is 1. The molecule has 0 aromatic carbocycles. The first kappa shape index (κ1) is 11.6. The molecule has 2 rings (SSSR count). The van der Waals surface area contributed by atoms with Gasteiger partial charge in [0.25, 0.3) is 0 Å². The molecule has 0 bridgehead atoms. The molecule has 17 heavy (non-hydrogen) atoms. The highest BCUT2D eigenvalue weighted by atomic mass is 16.2. The Labute approximate surface area is 99.2 Å². The van der Waals surface area contributed by atoms with Crippen LogP contribution in [-0.4, -0.2) is 28.0 Å². The molecule has 7 heteroatoms. The van der Waals surface area contributed by atoms with Gasteiger partial charge in [-0.05, 0) is 19.8 Å². The number of hydrogen-bond donors (Lipinski definition) is 4. The summed E-state index contributed by atoms with van der Waals surface area (Å²) >= 11 is 0. The van der Waals surface area contributed by atoms with Gasteiger partial charge in [-0.3, -0.25) is 4.79 Å². The molecule has 7 nitrogen and oxygen atoms in total. The Hall–Kier alpha value is -1.89. The Bertz CT molecular complexity index is 406. The molecule has 5 N–H and O–H groups in total. The average molecular weight is 236 g/mol. The number of hydrazine groups is 1. The molecule has 0 saturated heterocycles. The maximum Gasteiger partial charge on any atom is 0.242 e. The van der Waals surface area contributed by atoms with Gasteiger partial charge in [-0.15, -0.1) is 0 Å². The van der Waals surface area contributed by atoms with Crippen LogP contribution in [0, 0.1) is 0 Å². The van der Waals surface area contributed by atoms with E-state index in [1.54, 1.807) is 13.0 Å². The predicted molar refractivity (Wildman–Crippen MR) is 64.1 cm³/mol. The molecule has 1 aliphatic carbocycles. The summed E-state index contributed by atoms with van der Waals surface area (Å²) in [6.45, 7) is 1.79. The number of anilines is 2. The number of rotatable bonds is 5. The van der Waals surface area contributed by atoms with Crippen LogP contribution < -0.4 is 21.9 Å². The van der Waals surface area contributed by atoms with E-state index in [0.717, 1.165) is 12.8 Å². The van der Waals surface area contributed by atoms with E-state index in [1.807, 2.05) is 0 Å². The molecule has 1 atom stereocenters. The first-order valence-corrected chi connectivity index (χ1v) is 5.54. The zero-order chi connectivity index (χ0) is 12.3. The van der Waals surface area contributed by atoms with Crippen LogP contribution in [0.15, 0.2) is 12.4 Å². The van der Waals surface area contributed by atoms with Gasteiger partial charge in [0.1, 0.15) is 24.0 Å². The second kappa shape index (κ2) is 4.96. The molecule has 1 aliphatic rings. The Kier molecular flexibility index (Phi) is 3.38. The number of nitrogens with one attached hydrogen (secondary N) is 3. The fourth-order valence-corrected chi connectivity index (χ4v) is 1.36. The van der Waals surface area contributed by atoms with E-state index in [-0.39, 0.29) is 11.9 Å². The third-order valence-electron chi connectivity index (χ3n) is 2.50. The van der Waals surface area contributed by atoms with Gasteiger partial charge in [0, 0.05) is 12.1 Å². The Morgan fingerprint density at radius 3 is 2.82 bits per heavy atom. The molecule has 1 heterocycles. The number of nitrogens with two attached hydrogens (primary N) is 1. The Morgan fingerprint density at radius 1 is 1.47 bits per heavy atom. The minimum atomic E-state index is -0.337. The lowest BCUT2D eigenvalue weighted by Crippen LogP contribution is -2.38. The lowest BCUT2D eigenvalue weighted by atomic mass is 10.3. The van der Waals surface area contributed by atoms with Crippen molar-refractivity contribution in [3.05, 3.63) is 12.4 Å². The fraction of sp³-hybridized carbons (Fsp3) is 0.500. The van der Waals surface area contributed by atoms with Crippen LogP contribution in [0.25, 0.3) is 0 Å². The maximum atomic E-state index is 11.7. The predicted octanol–water partition coefficient (Wildman–Crippen LogP) is -0.159. The summed E-state index contributed by atoms with van der Waals surface area (Å²) in [5, 5.41) is 5.91. The summed E-state index contributed by atoms with van der Waals surface area (Å²) < 4.78 is 0. The molecule has 1 amide bonds. The van der Waals surface area contributed by atoms with Gasteiger partial charge in [0.2, 0.25) is 5.91 Å². The van der Waals surface area contributed by atoms with E-state index >= 15 is 0 Å². The zero-order valence-corrected chi connectivity index (χ0v) is 9.60. The van der Waals surface area contributed by atoms with Crippen molar-refractivity contribution in [2.45, 2.75) is 31.8 Å². The van der Waals surface area contributed by atoms with Crippen molar-refractivity contribution in [1.29, 1.82) is 0 Å². The Balaban J connectivity index is 1.91. The van der Waals surface area contributed by atoms with Gasteiger partial charge in [0.15, 0.2) is 0 Å². The first-order valence-electron chi connectivity index (χ1n) is 5.54. The monoisotopic (exact) mass is 236 g/mol. The van der Waals surface area contributed by atoms with Crippen molar-refractivity contribution in [1.82, 2.24) is 15.3 Å². The smallest absolute Gasteiger partial charge is 0.242 e. The van der Waals surface area contributed by atoms with E-state index in [2.05, 4.69) is 26.0 Å². The average Bonchev–Trinajstić information content (AvgIpc) is 3.13. The van der Waals surface area contributed by atoms with Crippen molar-refractivity contribution in [2.75, 3.05) is 10.7 Å². The summed E-state index contributed by atoms with van der Waals surface area (Å²) in [7, 11) is 0. The second-order valence-corrected chi connectivity index (χ2v) is 4.08. The SMILES string of the molecule is CC(Nc1cc(NN)ncn1)C(=O)NC1CC1. The van der Waals surface area contributed by atoms with Crippen molar-refractivity contribution in [2.24, 2.45) is 5.84 Å². The van der Waals surface area contributed by atoms with Crippen LogP contribution in [0.1, 0.15) is 19.8 Å². The van der Waals surface area contributed by atoms with E-state index < -0.39 is 0 Å². The number of nitrogens with zero attached hydrogens (tertiary/aromatic N) is 2. The number of carbonyl (C=O) groups is 1. The number of aromatic nitrogens is 2. The van der Waals surface area contributed by atoms with E-state index in [4.69, 9.17) is 5.84 Å². The van der Waals surface area contributed by atoms with Crippen LogP contribution in [-0.2, 0) is 4.79 Å². The highest BCUT2D eigenvalue weighted by Crippen LogP contribution is 2.19. The molecule has 0 aliphatic heterocycles.